The van der Waals surface area contributed by atoms with Crippen LogP contribution in [0.4, 0.5) is 15.8 Å². The van der Waals surface area contributed by atoms with Crippen LogP contribution in [0.15, 0.2) is 18.2 Å². The number of methoxy groups -OCH3 is 1. The molecule has 0 saturated carbocycles. The average molecular weight is 226 g/mol. The molecular formula is C11H15FN2O2. The number of rotatable bonds is 3. The molecule has 0 aliphatic carbocycles. The highest BCUT2D eigenvalue weighted by Gasteiger charge is 2.26. The van der Waals surface area contributed by atoms with E-state index in [9.17, 15) is 9.18 Å². The quantitative estimate of drug-likeness (QED) is 0.772. The van der Waals surface area contributed by atoms with Gasteiger partial charge in [-0.2, -0.15) is 0 Å². The van der Waals surface area contributed by atoms with Crippen molar-refractivity contribution in [3.8, 4) is 0 Å². The van der Waals surface area contributed by atoms with Gasteiger partial charge in [-0.3, -0.25) is 4.79 Å². The minimum Gasteiger partial charge on any atom is -0.396 e. The number of benzene rings is 1. The minimum absolute atomic E-state index is 0.0454. The van der Waals surface area contributed by atoms with E-state index in [1.807, 2.05) is 0 Å². The van der Waals surface area contributed by atoms with Crippen LogP contribution in [0.2, 0.25) is 0 Å². The van der Waals surface area contributed by atoms with Crippen LogP contribution in [0, 0.1) is 5.82 Å². The largest absolute Gasteiger partial charge is 0.396 e. The third-order valence-electron chi connectivity index (χ3n) is 2.32. The smallest absolute Gasteiger partial charge is 0.256 e. The maximum Gasteiger partial charge on any atom is 0.256 e. The van der Waals surface area contributed by atoms with E-state index in [0.29, 0.717) is 5.69 Å². The normalized spacial score (nSPS) is 11.2. The summed E-state index contributed by atoms with van der Waals surface area (Å²) in [6.07, 6.45) is 0. The molecule has 1 aromatic rings. The molecule has 1 amide bonds. The van der Waals surface area contributed by atoms with Crippen molar-refractivity contribution in [1.29, 1.82) is 0 Å². The number of amides is 1. The number of halogens is 1. The fourth-order valence-corrected chi connectivity index (χ4v) is 0.979. The van der Waals surface area contributed by atoms with Crippen LogP contribution in [-0.2, 0) is 9.53 Å². The van der Waals surface area contributed by atoms with E-state index in [2.05, 4.69) is 5.32 Å². The van der Waals surface area contributed by atoms with Gasteiger partial charge in [-0.25, -0.2) is 4.39 Å². The van der Waals surface area contributed by atoms with Gasteiger partial charge < -0.3 is 15.8 Å². The molecule has 3 N–H and O–H groups in total. The van der Waals surface area contributed by atoms with Crippen LogP contribution >= 0.6 is 0 Å². The Kier molecular flexibility index (Phi) is 3.49. The fraction of sp³-hybridized carbons (Fsp3) is 0.364. The van der Waals surface area contributed by atoms with Crippen LogP contribution in [0.3, 0.4) is 0 Å². The van der Waals surface area contributed by atoms with Gasteiger partial charge in [-0.1, -0.05) is 0 Å². The predicted molar refractivity (Wildman–Crippen MR) is 60.5 cm³/mol. The van der Waals surface area contributed by atoms with Crippen molar-refractivity contribution < 1.29 is 13.9 Å². The third-order valence-corrected chi connectivity index (χ3v) is 2.32. The van der Waals surface area contributed by atoms with E-state index in [1.54, 1.807) is 13.8 Å². The predicted octanol–water partition coefficient (Wildman–Crippen LogP) is 1.77. The number of ether oxygens (including phenoxy) is 1. The Morgan fingerprint density at radius 1 is 1.50 bits per heavy atom. The second-order valence-corrected chi connectivity index (χ2v) is 3.90. The number of carbonyl (C=O) groups excluding carboxylic acids is 1. The SMILES string of the molecule is COC(C)(C)C(=O)Nc1ccc(N)c(F)c1. The molecule has 0 fully saturated rings. The molecule has 1 aromatic carbocycles. The highest BCUT2D eigenvalue weighted by Crippen LogP contribution is 2.18. The first kappa shape index (κ1) is 12.4. The molecule has 16 heavy (non-hydrogen) atoms. The number of hydrogen-bond acceptors (Lipinski definition) is 3. The molecule has 0 unspecified atom stereocenters. The van der Waals surface area contributed by atoms with Gasteiger partial charge in [-0.15, -0.1) is 0 Å². The highest BCUT2D eigenvalue weighted by atomic mass is 19.1. The van der Waals surface area contributed by atoms with Crippen molar-refractivity contribution in [2.24, 2.45) is 0 Å². The Bertz CT molecular complexity index is 405. The summed E-state index contributed by atoms with van der Waals surface area (Å²) in [6.45, 7) is 3.24. The zero-order valence-corrected chi connectivity index (χ0v) is 9.50. The van der Waals surface area contributed by atoms with Crippen LogP contribution in [0.1, 0.15) is 13.8 Å². The van der Waals surface area contributed by atoms with Gasteiger partial charge in [0.15, 0.2) is 0 Å². The summed E-state index contributed by atoms with van der Waals surface area (Å²) in [4.78, 5) is 11.7. The molecule has 0 aliphatic rings. The molecule has 0 heterocycles. The van der Waals surface area contributed by atoms with Gasteiger partial charge in [0.1, 0.15) is 11.4 Å². The van der Waals surface area contributed by atoms with E-state index in [4.69, 9.17) is 10.5 Å². The zero-order valence-electron chi connectivity index (χ0n) is 9.50. The van der Waals surface area contributed by atoms with Crippen molar-refractivity contribution in [2.75, 3.05) is 18.2 Å². The number of nitrogens with two attached hydrogens (primary N) is 1. The van der Waals surface area contributed by atoms with Crippen LogP contribution in [-0.4, -0.2) is 18.6 Å². The molecule has 0 spiro atoms. The van der Waals surface area contributed by atoms with Crippen LogP contribution in [0.5, 0.6) is 0 Å². The maximum atomic E-state index is 13.1. The maximum absolute atomic E-state index is 13.1. The lowest BCUT2D eigenvalue weighted by Crippen LogP contribution is -2.38. The third kappa shape index (κ3) is 2.70. The highest BCUT2D eigenvalue weighted by molar-refractivity contribution is 5.96. The molecule has 4 nitrogen and oxygen atoms in total. The number of anilines is 2. The zero-order chi connectivity index (χ0) is 12.3. The van der Waals surface area contributed by atoms with Crippen molar-refractivity contribution in [1.82, 2.24) is 0 Å². The Balaban J connectivity index is 2.82. The summed E-state index contributed by atoms with van der Waals surface area (Å²) >= 11 is 0. The fourth-order valence-electron chi connectivity index (χ4n) is 0.979. The number of carbonyl (C=O) groups is 1. The van der Waals surface area contributed by atoms with Gasteiger partial charge in [0, 0.05) is 12.8 Å². The Morgan fingerprint density at radius 2 is 2.12 bits per heavy atom. The van der Waals surface area contributed by atoms with Crippen molar-refractivity contribution >= 4 is 17.3 Å². The van der Waals surface area contributed by atoms with Crippen molar-refractivity contribution in [2.45, 2.75) is 19.4 Å². The summed E-state index contributed by atoms with van der Waals surface area (Å²) in [7, 11) is 1.43. The number of nitrogens with one attached hydrogen (secondary N) is 1. The summed E-state index contributed by atoms with van der Waals surface area (Å²) in [5.41, 5.74) is 4.75. The van der Waals surface area contributed by atoms with Crippen LogP contribution < -0.4 is 11.1 Å². The number of hydrogen-bond donors (Lipinski definition) is 2. The van der Waals surface area contributed by atoms with Gasteiger partial charge in [0.05, 0.1) is 5.69 Å². The lowest BCUT2D eigenvalue weighted by molar-refractivity contribution is -0.133. The average Bonchev–Trinajstić information content (AvgIpc) is 2.23. The Labute approximate surface area is 93.6 Å². The molecule has 0 aliphatic heterocycles. The summed E-state index contributed by atoms with van der Waals surface area (Å²) in [5.74, 6) is -0.910. The molecule has 88 valence electrons. The molecule has 0 atom stereocenters. The summed E-state index contributed by atoms with van der Waals surface area (Å²) < 4.78 is 18.1. The monoisotopic (exact) mass is 226 g/mol. The number of nitrogen functional groups attached to an aromatic ring is 1. The Morgan fingerprint density at radius 3 is 2.62 bits per heavy atom. The van der Waals surface area contributed by atoms with E-state index in [1.165, 1.54) is 25.3 Å². The van der Waals surface area contributed by atoms with Crippen molar-refractivity contribution in [3.63, 3.8) is 0 Å². The topological polar surface area (TPSA) is 64.3 Å². The molecule has 1 rings (SSSR count). The lowest BCUT2D eigenvalue weighted by atomic mass is 10.1. The summed E-state index contributed by atoms with van der Waals surface area (Å²) in [5, 5.41) is 2.54. The van der Waals surface area contributed by atoms with Gasteiger partial charge in [0.25, 0.3) is 5.91 Å². The standard InChI is InChI=1S/C11H15FN2O2/c1-11(2,16-3)10(15)14-7-4-5-9(13)8(12)6-7/h4-6H,13H2,1-3H3,(H,14,15). The molecule has 0 bridgehead atoms. The second-order valence-electron chi connectivity index (χ2n) is 3.90. The Hall–Kier alpha value is -1.62. The first-order chi connectivity index (χ1) is 7.36. The molecule has 0 radical (unpaired) electrons. The first-order valence-corrected chi connectivity index (χ1v) is 4.78. The van der Waals surface area contributed by atoms with Gasteiger partial charge in [0.2, 0.25) is 0 Å². The molecule has 5 heteroatoms. The first-order valence-electron chi connectivity index (χ1n) is 4.78. The molecule has 0 aromatic heterocycles. The summed E-state index contributed by atoms with van der Waals surface area (Å²) in [6, 6.07) is 4.09. The van der Waals surface area contributed by atoms with E-state index >= 15 is 0 Å². The van der Waals surface area contributed by atoms with Crippen LogP contribution in [0.25, 0.3) is 0 Å². The second kappa shape index (κ2) is 4.49. The van der Waals surface area contributed by atoms with E-state index < -0.39 is 11.4 Å². The van der Waals surface area contributed by atoms with E-state index in [0.717, 1.165) is 0 Å². The molecular weight excluding hydrogens is 211 g/mol. The minimum atomic E-state index is -0.960. The lowest BCUT2D eigenvalue weighted by Gasteiger charge is -2.21. The van der Waals surface area contributed by atoms with Gasteiger partial charge >= 0.3 is 0 Å². The molecule has 0 saturated heterocycles. The van der Waals surface area contributed by atoms with Gasteiger partial charge in [-0.05, 0) is 32.0 Å². The van der Waals surface area contributed by atoms with Crippen molar-refractivity contribution in [3.05, 3.63) is 24.0 Å². The van der Waals surface area contributed by atoms with E-state index in [-0.39, 0.29) is 11.6 Å².